The predicted molar refractivity (Wildman–Crippen MR) is 102 cm³/mol. The van der Waals surface area contributed by atoms with E-state index in [1.807, 2.05) is 6.08 Å². The second-order valence-corrected chi connectivity index (χ2v) is 6.75. The van der Waals surface area contributed by atoms with Crippen LogP contribution in [0.1, 0.15) is 77.6 Å². The second-order valence-electron chi connectivity index (χ2n) is 6.75. The molecule has 0 amide bonds. The first-order chi connectivity index (χ1) is 12.2. The van der Waals surface area contributed by atoms with E-state index in [0.717, 1.165) is 62.9 Å². The second kappa shape index (κ2) is 13.7. The van der Waals surface area contributed by atoms with E-state index in [2.05, 4.69) is 18.3 Å². The van der Waals surface area contributed by atoms with Crippen LogP contribution in [-0.4, -0.2) is 26.0 Å². The average Bonchev–Trinajstić information content (AvgIpc) is 2.63. The molecule has 0 aromatic rings. The van der Waals surface area contributed by atoms with Gasteiger partial charge in [0.2, 0.25) is 0 Å². The highest BCUT2D eigenvalue weighted by molar-refractivity contribution is 6.00. The minimum atomic E-state index is 0.0184. The first-order valence-corrected chi connectivity index (χ1v) is 9.82. The zero-order valence-electron chi connectivity index (χ0n) is 16.0. The maximum absolute atomic E-state index is 12.4. The summed E-state index contributed by atoms with van der Waals surface area (Å²) in [5.41, 5.74) is 2.43. The number of ether oxygens (including phenoxy) is 1. The van der Waals surface area contributed by atoms with Crippen molar-refractivity contribution in [1.82, 2.24) is 5.32 Å². The van der Waals surface area contributed by atoms with Gasteiger partial charge in [0.15, 0.2) is 5.78 Å². The maximum Gasteiger partial charge on any atom is 0.173 e. The first-order valence-electron chi connectivity index (χ1n) is 9.82. The standard InChI is InChI=1S/C21H34N2O2/c1-3-4-5-6-7-8-13-21(24)20(17-22)18-11-9-12-19(16-18)23-14-10-15-25-2/h16,23H,3-15H2,1-2H3/b20-18-. The van der Waals surface area contributed by atoms with Crippen LogP contribution in [0.15, 0.2) is 22.9 Å². The Kier molecular flexibility index (Phi) is 11.7. The number of carbonyl (C=O) groups excluding carboxylic acids is 1. The third kappa shape index (κ3) is 8.88. The number of hydrogen-bond acceptors (Lipinski definition) is 4. The van der Waals surface area contributed by atoms with E-state index in [1.165, 1.54) is 25.7 Å². The fraction of sp³-hybridized carbons (Fsp3) is 0.714. The van der Waals surface area contributed by atoms with Crippen LogP contribution < -0.4 is 5.32 Å². The number of methoxy groups -OCH3 is 1. The minimum Gasteiger partial charge on any atom is -0.388 e. The molecule has 0 spiro atoms. The summed E-state index contributed by atoms with van der Waals surface area (Å²) in [4.78, 5) is 12.4. The van der Waals surface area contributed by atoms with E-state index in [9.17, 15) is 10.1 Å². The molecule has 0 saturated heterocycles. The molecule has 0 saturated carbocycles. The molecule has 1 aliphatic rings. The van der Waals surface area contributed by atoms with Gasteiger partial charge in [-0.1, -0.05) is 39.0 Å². The molecule has 25 heavy (non-hydrogen) atoms. The van der Waals surface area contributed by atoms with E-state index < -0.39 is 0 Å². The molecular formula is C21H34N2O2. The van der Waals surface area contributed by atoms with Crippen LogP contribution >= 0.6 is 0 Å². The molecule has 0 bridgehead atoms. The number of nitriles is 1. The normalized spacial score (nSPS) is 16.1. The van der Waals surface area contributed by atoms with Crippen LogP contribution in [0.3, 0.4) is 0 Å². The van der Waals surface area contributed by atoms with Crippen LogP contribution in [0.5, 0.6) is 0 Å². The minimum absolute atomic E-state index is 0.0184. The van der Waals surface area contributed by atoms with Gasteiger partial charge in [-0.2, -0.15) is 5.26 Å². The van der Waals surface area contributed by atoms with Crippen molar-refractivity contribution < 1.29 is 9.53 Å². The fourth-order valence-corrected chi connectivity index (χ4v) is 3.13. The van der Waals surface area contributed by atoms with Crippen LogP contribution in [0.25, 0.3) is 0 Å². The zero-order chi connectivity index (χ0) is 18.3. The predicted octanol–water partition coefficient (Wildman–Crippen LogP) is 4.82. The molecule has 0 aromatic carbocycles. The van der Waals surface area contributed by atoms with Crippen molar-refractivity contribution in [3.8, 4) is 6.07 Å². The quantitative estimate of drug-likeness (QED) is 0.295. The summed E-state index contributed by atoms with van der Waals surface area (Å²) >= 11 is 0. The molecule has 0 heterocycles. The lowest BCUT2D eigenvalue weighted by atomic mass is 9.92. The molecule has 140 valence electrons. The average molecular weight is 347 g/mol. The number of hydrogen-bond donors (Lipinski definition) is 1. The highest BCUT2D eigenvalue weighted by atomic mass is 16.5. The molecular weight excluding hydrogens is 312 g/mol. The highest BCUT2D eigenvalue weighted by Gasteiger charge is 2.17. The van der Waals surface area contributed by atoms with Gasteiger partial charge in [-0.25, -0.2) is 0 Å². The molecule has 0 aliphatic heterocycles. The maximum atomic E-state index is 12.4. The Morgan fingerprint density at radius 3 is 2.68 bits per heavy atom. The third-order valence-electron chi connectivity index (χ3n) is 4.59. The highest BCUT2D eigenvalue weighted by Crippen LogP contribution is 2.25. The van der Waals surface area contributed by atoms with Crippen molar-refractivity contribution in [2.24, 2.45) is 0 Å². The number of ketones is 1. The van der Waals surface area contributed by atoms with Gasteiger partial charge in [-0.05, 0) is 43.8 Å². The lowest BCUT2D eigenvalue weighted by Crippen LogP contribution is -2.19. The molecule has 0 atom stereocenters. The Hall–Kier alpha value is -1.60. The van der Waals surface area contributed by atoms with E-state index in [0.29, 0.717) is 12.0 Å². The van der Waals surface area contributed by atoms with Gasteiger partial charge in [0, 0.05) is 32.4 Å². The molecule has 0 aromatic heterocycles. The molecule has 4 nitrogen and oxygen atoms in total. The first kappa shape index (κ1) is 21.4. The number of unbranched alkanes of at least 4 members (excludes halogenated alkanes) is 5. The Labute approximate surface area is 153 Å². The summed E-state index contributed by atoms with van der Waals surface area (Å²) in [6, 6.07) is 2.17. The SMILES string of the molecule is CCCCCCCCC(=O)/C(C#N)=C1\C=C(NCCCOC)CCC1. The topological polar surface area (TPSA) is 62.1 Å². The molecule has 4 heteroatoms. The van der Waals surface area contributed by atoms with Crippen LogP contribution in [-0.2, 0) is 9.53 Å². The monoisotopic (exact) mass is 346 g/mol. The van der Waals surface area contributed by atoms with Gasteiger partial charge < -0.3 is 10.1 Å². The number of Topliss-reactive ketones (excluding diaryl/α,β-unsaturated/α-hetero) is 1. The molecule has 0 unspecified atom stereocenters. The van der Waals surface area contributed by atoms with Crippen molar-refractivity contribution in [2.45, 2.75) is 77.6 Å². The van der Waals surface area contributed by atoms with Gasteiger partial charge in [-0.3, -0.25) is 4.79 Å². The van der Waals surface area contributed by atoms with Gasteiger partial charge in [0.1, 0.15) is 6.07 Å². The Morgan fingerprint density at radius 2 is 1.96 bits per heavy atom. The van der Waals surface area contributed by atoms with Crippen LogP contribution in [0.2, 0.25) is 0 Å². The molecule has 1 rings (SSSR count). The van der Waals surface area contributed by atoms with Gasteiger partial charge in [0.05, 0.1) is 5.57 Å². The van der Waals surface area contributed by atoms with Gasteiger partial charge in [0.25, 0.3) is 0 Å². The van der Waals surface area contributed by atoms with E-state index in [1.54, 1.807) is 7.11 Å². The number of nitrogens with zero attached hydrogens (tertiary/aromatic N) is 1. The van der Waals surface area contributed by atoms with Crippen molar-refractivity contribution in [3.63, 3.8) is 0 Å². The Bertz CT molecular complexity index is 501. The zero-order valence-corrected chi connectivity index (χ0v) is 16.0. The molecule has 0 fully saturated rings. The Morgan fingerprint density at radius 1 is 1.20 bits per heavy atom. The molecule has 0 radical (unpaired) electrons. The van der Waals surface area contributed by atoms with Gasteiger partial charge >= 0.3 is 0 Å². The number of rotatable bonds is 13. The Balaban J connectivity index is 2.53. The molecule has 1 aliphatic carbocycles. The number of carbonyl (C=O) groups is 1. The van der Waals surface area contributed by atoms with E-state index in [-0.39, 0.29) is 5.78 Å². The lowest BCUT2D eigenvalue weighted by Gasteiger charge is -2.18. The van der Waals surface area contributed by atoms with Crippen molar-refractivity contribution >= 4 is 5.78 Å². The summed E-state index contributed by atoms with van der Waals surface area (Å²) in [6.07, 6.45) is 13.2. The van der Waals surface area contributed by atoms with Crippen molar-refractivity contribution in [3.05, 3.63) is 22.9 Å². The summed E-state index contributed by atoms with van der Waals surface area (Å²) < 4.78 is 5.05. The summed E-state index contributed by atoms with van der Waals surface area (Å²) in [6.45, 7) is 3.80. The number of allylic oxidation sites excluding steroid dienone is 4. The summed E-state index contributed by atoms with van der Waals surface area (Å²) in [7, 11) is 1.70. The largest absolute Gasteiger partial charge is 0.388 e. The van der Waals surface area contributed by atoms with Crippen LogP contribution in [0, 0.1) is 11.3 Å². The molecule has 1 N–H and O–H groups in total. The summed E-state index contributed by atoms with van der Waals surface area (Å²) in [5.74, 6) is 0.0184. The van der Waals surface area contributed by atoms with E-state index >= 15 is 0 Å². The van der Waals surface area contributed by atoms with Crippen molar-refractivity contribution in [2.75, 3.05) is 20.3 Å². The van der Waals surface area contributed by atoms with E-state index in [4.69, 9.17) is 4.74 Å². The lowest BCUT2D eigenvalue weighted by molar-refractivity contribution is -0.115. The van der Waals surface area contributed by atoms with Crippen LogP contribution in [0.4, 0.5) is 0 Å². The smallest absolute Gasteiger partial charge is 0.173 e. The van der Waals surface area contributed by atoms with Gasteiger partial charge in [-0.15, -0.1) is 0 Å². The van der Waals surface area contributed by atoms with Crippen molar-refractivity contribution in [1.29, 1.82) is 5.26 Å². The third-order valence-corrected chi connectivity index (χ3v) is 4.59. The summed E-state index contributed by atoms with van der Waals surface area (Å²) in [5, 5.41) is 12.9. The fourth-order valence-electron chi connectivity index (χ4n) is 3.13. The number of nitrogens with one attached hydrogen (secondary N) is 1.